The van der Waals surface area contributed by atoms with Gasteiger partial charge in [0, 0.05) is 25.9 Å². The fourth-order valence-corrected chi connectivity index (χ4v) is 3.58. The van der Waals surface area contributed by atoms with Crippen LogP contribution in [0.2, 0.25) is 0 Å². The third-order valence-electron chi connectivity index (χ3n) is 4.57. The molecule has 0 amide bonds. The maximum Gasteiger partial charge on any atom is 0.0729 e. The van der Waals surface area contributed by atoms with Crippen LogP contribution in [0.25, 0.3) is 0 Å². The Bertz CT molecular complexity index is 227. The summed E-state index contributed by atoms with van der Waals surface area (Å²) in [4.78, 5) is 0. The molecule has 3 nitrogen and oxygen atoms in total. The first-order chi connectivity index (χ1) is 8.79. The molecule has 1 N–H and O–H groups in total. The average molecular weight is 255 g/mol. The Balaban J connectivity index is 1.95. The second-order valence-electron chi connectivity index (χ2n) is 5.85. The molecule has 3 heteroatoms. The van der Waals surface area contributed by atoms with E-state index in [4.69, 9.17) is 9.47 Å². The van der Waals surface area contributed by atoms with Crippen LogP contribution < -0.4 is 5.32 Å². The van der Waals surface area contributed by atoms with E-state index >= 15 is 0 Å². The number of rotatable bonds is 5. The van der Waals surface area contributed by atoms with E-state index < -0.39 is 0 Å². The van der Waals surface area contributed by atoms with Crippen LogP contribution in [0.5, 0.6) is 0 Å². The van der Waals surface area contributed by atoms with Crippen LogP contribution in [0.1, 0.15) is 52.4 Å². The van der Waals surface area contributed by atoms with E-state index in [-0.39, 0.29) is 5.60 Å². The molecule has 106 valence electrons. The van der Waals surface area contributed by atoms with Crippen molar-refractivity contribution in [2.45, 2.75) is 64.0 Å². The molecule has 0 saturated carbocycles. The Labute approximate surface area is 112 Å². The van der Waals surface area contributed by atoms with Gasteiger partial charge in [-0.1, -0.05) is 20.3 Å². The van der Waals surface area contributed by atoms with E-state index in [0.29, 0.717) is 6.04 Å². The van der Waals surface area contributed by atoms with Gasteiger partial charge in [-0.15, -0.1) is 0 Å². The van der Waals surface area contributed by atoms with Crippen molar-refractivity contribution in [3.05, 3.63) is 0 Å². The van der Waals surface area contributed by atoms with Crippen molar-refractivity contribution in [3.63, 3.8) is 0 Å². The lowest BCUT2D eigenvalue weighted by atomic mass is 9.77. The summed E-state index contributed by atoms with van der Waals surface area (Å²) in [5.74, 6) is 0.789. The van der Waals surface area contributed by atoms with Crippen molar-refractivity contribution in [2.24, 2.45) is 5.92 Å². The van der Waals surface area contributed by atoms with Gasteiger partial charge in [-0.3, -0.25) is 0 Å². The first kappa shape index (κ1) is 14.3. The minimum absolute atomic E-state index is 0.141. The van der Waals surface area contributed by atoms with Gasteiger partial charge in [0.05, 0.1) is 5.60 Å². The molecule has 2 aliphatic rings. The molecule has 0 aliphatic carbocycles. The summed E-state index contributed by atoms with van der Waals surface area (Å²) in [5, 5.41) is 3.69. The molecule has 2 atom stereocenters. The quantitative estimate of drug-likeness (QED) is 0.819. The Morgan fingerprint density at radius 3 is 2.67 bits per heavy atom. The zero-order chi connectivity index (χ0) is 12.8. The predicted molar refractivity (Wildman–Crippen MR) is 73.8 cm³/mol. The molecule has 2 heterocycles. The molecule has 0 aromatic heterocycles. The van der Waals surface area contributed by atoms with Gasteiger partial charge < -0.3 is 14.8 Å². The van der Waals surface area contributed by atoms with Crippen LogP contribution in [0.4, 0.5) is 0 Å². The molecular formula is C15H29NO2. The van der Waals surface area contributed by atoms with Gasteiger partial charge >= 0.3 is 0 Å². The Morgan fingerprint density at radius 2 is 2.00 bits per heavy atom. The van der Waals surface area contributed by atoms with Crippen LogP contribution >= 0.6 is 0 Å². The van der Waals surface area contributed by atoms with E-state index in [1.165, 1.54) is 25.7 Å². The van der Waals surface area contributed by atoms with E-state index in [9.17, 15) is 0 Å². The number of hydrogen-bond acceptors (Lipinski definition) is 3. The largest absolute Gasteiger partial charge is 0.381 e. The van der Waals surface area contributed by atoms with Gasteiger partial charge in [0.15, 0.2) is 0 Å². The number of hydrogen-bond donors (Lipinski definition) is 1. The van der Waals surface area contributed by atoms with Crippen molar-refractivity contribution in [1.82, 2.24) is 5.32 Å². The summed E-state index contributed by atoms with van der Waals surface area (Å²) in [7, 11) is 0. The SMILES string of the molecule is CCCC(NCC)C1CCOC2(CCOCC2)C1. The maximum absolute atomic E-state index is 6.14. The molecule has 2 unspecified atom stereocenters. The summed E-state index contributed by atoms with van der Waals surface area (Å²) < 4.78 is 11.6. The monoisotopic (exact) mass is 255 g/mol. The maximum atomic E-state index is 6.14. The zero-order valence-electron chi connectivity index (χ0n) is 12.0. The molecule has 0 bridgehead atoms. The second kappa shape index (κ2) is 6.88. The van der Waals surface area contributed by atoms with E-state index in [0.717, 1.165) is 45.1 Å². The normalized spacial score (nSPS) is 29.3. The Kier molecular flexibility index (Phi) is 5.46. The van der Waals surface area contributed by atoms with Crippen molar-refractivity contribution >= 4 is 0 Å². The van der Waals surface area contributed by atoms with Crippen molar-refractivity contribution < 1.29 is 9.47 Å². The zero-order valence-corrected chi connectivity index (χ0v) is 12.0. The first-order valence-corrected chi connectivity index (χ1v) is 7.75. The predicted octanol–water partition coefficient (Wildman–Crippen LogP) is 2.74. The van der Waals surface area contributed by atoms with Gasteiger partial charge in [0.25, 0.3) is 0 Å². The summed E-state index contributed by atoms with van der Waals surface area (Å²) >= 11 is 0. The minimum Gasteiger partial charge on any atom is -0.381 e. The molecule has 0 radical (unpaired) electrons. The van der Waals surface area contributed by atoms with Gasteiger partial charge in [-0.05, 0) is 44.6 Å². The highest BCUT2D eigenvalue weighted by molar-refractivity contribution is 4.92. The van der Waals surface area contributed by atoms with Gasteiger partial charge in [-0.2, -0.15) is 0 Å². The van der Waals surface area contributed by atoms with E-state index in [1.54, 1.807) is 0 Å². The second-order valence-corrected chi connectivity index (χ2v) is 5.85. The van der Waals surface area contributed by atoms with Crippen molar-refractivity contribution in [2.75, 3.05) is 26.4 Å². The highest BCUT2D eigenvalue weighted by Crippen LogP contribution is 2.38. The lowest BCUT2D eigenvalue weighted by molar-refractivity contribution is -0.150. The number of ether oxygens (including phenoxy) is 2. The highest BCUT2D eigenvalue weighted by atomic mass is 16.5. The van der Waals surface area contributed by atoms with Crippen LogP contribution in [0, 0.1) is 5.92 Å². The van der Waals surface area contributed by atoms with Crippen molar-refractivity contribution in [1.29, 1.82) is 0 Å². The summed E-state index contributed by atoms with van der Waals surface area (Å²) in [6.07, 6.45) is 7.20. The molecular weight excluding hydrogens is 226 g/mol. The van der Waals surface area contributed by atoms with Gasteiger partial charge in [-0.25, -0.2) is 0 Å². The molecule has 18 heavy (non-hydrogen) atoms. The summed E-state index contributed by atoms with van der Waals surface area (Å²) in [5.41, 5.74) is 0.141. The van der Waals surface area contributed by atoms with Crippen LogP contribution in [-0.4, -0.2) is 38.0 Å². The lowest BCUT2D eigenvalue weighted by Crippen LogP contribution is -2.49. The Morgan fingerprint density at radius 1 is 1.22 bits per heavy atom. The molecule has 2 aliphatic heterocycles. The van der Waals surface area contributed by atoms with E-state index in [2.05, 4.69) is 19.2 Å². The lowest BCUT2D eigenvalue weighted by Gasteiger charge is -2.45. The highest BCUT2D eigenvalue weighted by Gasteiger charge is 2.40. The van der Waals surface area contributed by atoms with Crippen LogP contribution in [0.3, 0.4) is 0 Å². The fraction of sp³-hybridized carbons (Fsp3) is 1.00. The molecule has 2 fully saturated rings. The Hall–Kier alpha value is -0.120. The van der Waals surface area contributed by atoms with Gasteiger partial charge in [0.2, 0.25) is 0 Å². The first-order valence-electron chi connectivity index (χ1n) is 7.75. The third kappa shape index (κ3) is 3.46. The van der Waals surface area contributed by atoms with Crippen LogP contribution in [0.15, 0.2) is 0 Å². The molecule has 1 spiro atoms. The molecule has 0 aromatic carbocycles. The molecule has 0 aromatic rings. The number of nitrogens with one attached hydrogen (secondary N) is 1. The van der Waals surface area contributed by atoms with Crippen LogP contribution in [-0.2, 0) is 9.47 Å². The smallest absolute Gasteiger partial charge is 0.0729 e. The third-order valence-corrected chi connectivity index (χ3v) is 4.57. The standard InChI is InChI=1S/C15H29NO2/c1-3-5-14(16-4-2)13-6-9-18-15(12-13)7-10-17-11-8-15/h13-14,16H,3-12H2,1-2H3. The minimum atomic E-state index is 0.141. The molecule has 2 rings (SSSR count). The molecule has 2 saturated heterocycles. The fourth-order valence-electron chi connectivity index (χ4n) is 3.58. The summed E-state index contributed by atoms with van der Waals surface area (Å²) in [6.45, 7) is 8.28. The topological polar surface area (TPSA) is 30.5 Å². The van der Waals surface area contributed by atoms with Gasteiger partial charge in [0.1, 0.15) is 0 Å². The van der Waals surface area contributed by atoms with E-state index in [1.807, 2.05) is 0 Å². The van der Waals surface area contributed by atoms with Crippen molar-refractivity contribution in [3.8, 4) is 0 Å². The average Bonchev–Trinajstić information content (AvgIpc) is 2.39. The summed E-state index contributed by atoms with van der Waals surface area (Å²) in [6, 6.07) is 0.684.